The van der Waals surface area contributed by atoms with Crippen molar-refractivity contribution >= 4 is 43.0 Å². The van der Waals surface area contributed by atoms with E-state index >= 15 is 0 Å². The number of aryl methyl sites for hydroxylation is 1. The third kappa shape index (κ3) is 5.81. The number of fused-ring (bicyclic) bond motifs is 2. The Morgan fingerprint density at radius 1 is 0.641 bits per heavy atom. The first-order chi connectivity index (χ1) is 18.8. The Kier molecular flexibility index (Phi) is 7.65. The Labute approximate surface area is 229 Å². The number of hydrogen-bond donors (Lipinski definition) is 0. The van der Waals surface area contributed by atoms with Crippen LogP contribution in [0.1, 0.15) is 5.56 Å². The van der Waals surface area contributed by atoms with E-state index in [0.29, 0.717) is 21.9 Å². The lowest BCUT2D eigenvalue weighted by Gasteiger charge is -2.10. The Morgan fingerprint density at radius 2 is 1.18 bits per heavy atom. The van der Waals surface area contributed by atoms with Crippen LogP contribution in [0.15, 0.2) is 156 Å². The molecule has 1 heterocycles. The number of hydrogen-bond acceptors (Lipinski definition) is 5. The molecule has 5 nitrogen and oxygen atoms in total. The zero-order valence-electron chi connectivity index (χ0n) is 21.0. The molecular formula is C32H24O5S2. The minimum Gasteiger partial charge on any atom is -0.744 e. The highest BCUT2D eigenvalue weighted by molar-refractivity contribution is 7.97. The molecule has 5 aromatic carbocycles. The number of para-hydroxylation sites is 2. The Morgan fingerprint density at radius 3 is 1.77 bits per heavy atom. The predicted octanol–water partition coefficient (Wildman–Crippen LogP) is 6.94. The van der Waals surface area contributed by atoms with Crippen molar-refractivity contribution in [1.29, 1.82) is 0 Å². The van der Waals surface area contributed by atoms with Crippen molar-refractivity contribution in [3.63, 3.8) is 0 Å². The fourth-order valence-corrected chi connectivity index (χ4v) is 6.83. The largest absolute Gasteiger partial charge is 0.744 e. The van der Waals surface area contributed by atoms with Crippen LogP contribution < -0.4 is 5.43 Å². The maximum Gasteiger partial charge on any atom is 0.209 e. The fraction of sp³-hybridized carbons (Fsp3) is 0.0312. The fourth-order valence-electron chi connectivity index (χ4n) is 4.17. The molecule has 0 saturated carbocycles. The highest BCUT2D eigenvalue weighted by atomic mass is 32.2. The highest BCUT2D eigenvalue weighted by Gasteiger charge is 2.32. The van der Waals surface area contributed by atoms with Gasteiger partial charge in [-0.15, -0.1) is 0 Å². The number of benzene rings is 5. The van der Waals surface area contributed by atoms with E-state index in [-0.39, 0.29) is 21.2 Å². The van der Waals surface area contributed by atoms with Gasteiger partial charge in [-0.3, -0.25) is 4.79 Å². The Balaban J connectivity index is 0.000000237. The van der Waals surface area contributed by atoms with Crippen LogP contribution in [-0.4, -0.2) is 13.0 Å². The van der Waals surface area contributed by atoms with Crippen molar-refractivity contribution in [1.82, 2.24) is 0 Å². The van der Waals surface area contributed by atoms with E-state index in [9.17, 15) is 17.8 Å². The standard InChI is InChI=1S/C25H17O2S.C7H8O3S/c26-24-20-14-7-8-16-22(20)27-25-21(24)15-9-17-23(25)28(18-10-3-1-4-11-18)19-12-5-2-6-13-19;1-6-2-4-7(5-3-6)11(8,9)10/h1-17H;2-5H,1H3,(H,8,9,10)/q+1;/p-1. The summed E-state index contributed by atoms with van der Waals surface area (Å²) < 4.78 is 37.5. The van der Waals surface area contributed by atoms with Gasteiger partial charge in [0, 0.05) is 0 Å². The Bertz CT molecular complexity index is 1860. The van der Waals surface area contributed by atoms with E-state index in [1.165, 1.54) is 21.9 Å². The molecule has 7 heteroatoms. The molecule has 6 aromatic rings. The third-order valence-electron chi connectivity index (χ3n) is 6.05. The monoisotopic (exact) mass is 552 g/mol. The molecule has 0 saturated heterocycles. The molecule has 0 bridgehead atoms. The lowest BCUT2D eigenvalue weighted by molar-refractivity contribution is 0.463. The smallest absolute Gasteiger partial charge is 0.209 e. The average Bonchev–Trinajstić information content (AvgIpc) is 2.95. The molecule has 1 aromatic heterocycles. The van der Waals surface area contributed by atoms with Gasteiger partial charge in [0.05, 0.1) is 15.7 Å². The Hall–Kier alpha value is -4.17. The summed E-state index contributed by atoms with van der Waals surface area (Å²) in [5.41, 5.74) is 2.24. The van der Waals surface area contributed by atoms with Gasteiger partial charge >= 0.3 is 0 Å². The summed E-state index contributed by atoms with van der Waals surface area (Å²) in [4.78, 5) is 16.3. The molecule has 0 amide bonds. The molecule has 0 aliphatic heterocycles. The van der Waals surface area contributed by atoms with E-state index < -0.39 is 10.1 Å². The van der Waals surface area contributed by atoms with Crippen molar-refractivity contribution in [3.8, 4) is 0 Å². The van der Waals surface area contributed by atoms with Gasteiger partial charge in [0.1, 0.15) is 26.6 Å². The molecule has 0 unspecified atom stereocenters. The van der Waals surface area contributed by atoms with Crippen LogP contribution in [0.25, 0.3) is 21.9 Å². The van der Waals surface area contributed by atoms with Crippen molar-refractivity contribution in [2.45, 2.75) is 26.5 Å². The third-order valence-corrected chi connectivity index (χ3v) is 9.15. The van der Waals surface area contributed by atoms with Gasteiger partial charge in [-0.1, -0.05) is 72.3 Å². The summed E-state index contributed by atoms with van der Waals surface area (Å²) in [6.45, 7) is 1.82. The van der Waals surface area contributed by atoms with Gasteiger partial charge in [0.25, 0.3) is 0 Å². The SMILES string of the molecule is Cc1ccc(S(=O)(=O)[O-])cc1.O=c1c2ccccc2oc2c([S+](c3ccccc3)c3ccccc3)cccc12. The van der Waals surface area contributed by atoms with Gasteiger partial charge in [0.2, 0.25) is 10.3 Å². The minimum atomic E-state index is -4.27. The average molecular weight is 553 g/mol. The zero-order chi connectivity index (χ0) is 27.4. The normalized spacial score (nSPS) is 11.4. The second-order valence-electron chi connectivity index (χ2n) is 8.76. The summed E-state index contributed by atoms with van der Waals surface area (Å²) in [6.07, 6.45) is 0. The first kappa shape index (κ1) is 26.4. The summed E-state index contributed by atoms with van der Waals surface area (Å²) in [5, 5.41) is 1.24. The molecule has 0 aliphatic carbocycles. The quantitative estimate of drug-likeness (QED) is 0.134. The van der Waals surface area contributed by atoms with Gasteiger partial charge < -0.3 is 8.97 Å². The van der Waals surface area contributed by atoms with Crippen molar-refractivity contribution in [2.75, 3.05) is 0 Å². The van der Waals surface area contributed by atoms with Crippen LogP contribution in [0, 0.1) is 6.92 Å². The molecule has 0 aliphatic rings. The van der Waals surface area contributed by atoms with Crippen LogP contribution >= 0.6 is 0 Å². The van der Waals surface area contributed by atoms with Gasteiger partial charge in [-0.05, 0) is 67.6 Å². The molecule has 39 heavy (non-hydrogen) atoms. The molecule has 0 atom stereocenters. The van der Waals surface area contributed by atoms with E-state index in [0.717, 1.165) is 10.5 Å². The van der Waals surface area contributed by atoms with Crippen molar-refractivity contribution < 1.29 is 17.4 Å². The van der Waals surface area contributed by atoms with E-state index in [2.05, 4.69) is 54.6 Å². The molecular weight excluding hydrogens is 528 g/mol. The van der Waals surface area contributed by atoms with Crippen LogP contribution in [-0.2, 0) is 21.0 Å². The predicted molar refractivity (Wildman–Crippen MR) is 154 cm³/mol. The lowest BCUT2D eigenvalue weighted by Crippen LogP contribution is -2.08. The summed E-state index contributed by atoms with van der Waals surface area (Å²) in [6, 6.07) is 39.9. The first-order valence-electron chi connectivity index (χ1n) is 12.1. The first-order valence-corrected chi connectivity index (χ1v) is 14.8. The van der Waals surface area contributed by atoms with Crippen LogP contribution in [0.5, 0.6) is 0 Å². The van der Waals surface area contributed by atoms with Crippen LogP contribution in [0.2, 0.25) is 0 Å². The lowest BCUT2D eigenvalue weighted by atomic mass is 10.1. The second kappa shape index (κ2) is 11.3. The maximum absolute atomic E-state index is 13.1. The highest BCUT2D eigenvalue weighted by Crippen LogP contribution is 2.35. The number of rotatable bonds is 4. The van der Waals surface area contributed by atoms with Crippen LogP contribution in [0.3, 0.4) is 0 Å². The summed E-state index contributed by atoms with van der Waals surface area (Å²) in [5.74, 6) is 0. The van der Waals surface area contributed by atoms with E-state index in [1.807, 2.05) is 55.5 Å². The molecule has 0 fully saturated rings. The minimum absolute atomic E-state index is 0.0170. The van der Waals surface area contributed by atoms with Crippen LogP contribution in [0.4, 0.5) is 0 Å². The van der Waals surface area contributed by atoms with Crippen molar-refractivity contribution in [2.24, 2.45) is 0 Å². The molecule has 0 spiro atoms. The zero-order valence-corrected chi connectivity index (χ0v) is 22.6. The van der Waals surface area contributed by atoms with Gasteiger partial charge in [0.15, 0.2) is 15.4 Å². The molecule has 0 N–H and O–H groups in total. The van der Waals surface area contributed by atoms with E-state index in [4.69, 9.17) is 4.42 Å². The maximum atomic E-state index is 13.1. The summed E-state index contributed by atoms with van der Waals surface area (Å²) in [7, 11) is -4.64. The van der Waals surface area contributed by atoms with Gasteiger partial charge in [-0.2, -0.15) is 0 Å². The summed E-state index contributed by atoms with van der Waals surface area (Å²) >= 11 is 0. The molecule has 0 radical (unpaired) electrons. The topological polar surface area (TPSA) is 87.4 Å². The van der Waals surface area contributed by atoms with E-state index in [1.54, 1.807) is 12.1 Å². The molecule has 194 valence electrons. The van der Waals surface area contributed by atoms with Crippen molar-refractivity contribution in [3.05, 3.63) is 143 Å². The second-order valence-corrected chi connectivity index (χ2v) is 12.1. The molecule has 6 rings (SSSR count). The van der Waals surface area contributed by atoms with Gasteiger partial charge in [-0.25, -0.2) is 8.42 Å².